The molecular weight excluding hydrogens is 226 g/mol. The minimum absolute atomic E-state index is 0.780. The number of hydrogen-bond acceptors (Lipinski definition) is 3. The Balaban J connectivity index is 2.13. The molecule has 0 aliphatic heterocycles. The van der Waals surface area contributed by atoms with Gasteiger partial charge in [-0.1, -0.05) is 12.1 Å². The minimum Gasteiger partial charge on any atom is -0.497 e. The standard InChI is InChI=1S/C14H12N3O/c1-10-4-3-5-11(8-10)17-15-13-7-6-12(18-2)9-14(13)16-17/h3-4,6-9H,1-2H3. The predicted molar refractivity (Wildman–Crippen MR) is 69.0 cm³/mol. The van der Waals surface area contributed by atoms with Crippen LogP contribution < -0.4 is 4.74 Å². The van der Waals surface area contributed by atoms with Crippen molar-refractivity contribution < 1.29 is 4.74 Å². The maximum atomic E-state index is 5.17. The summed E-state index contributed by atoms with van der Waals surface area (Å²) in [4.78, 5) is 1.59. The SMILES string of the molecule is COc1ccc2nn(-c3[c]ccc(C)c3)nc2c1. The highest BCUT2D eigenvalue weighted by Gasteiger charge is 2.05. The summed E-state index contributed by atoms with van der Waals surface area (Å²) >= 11 is 0. The lowest BCUT2D eigenvalue weighted by atomic mass is 10.2. The van der Waals surface area contributed by atoms with Gasteiger partial charge in [-0.05, 0) is 30.7 Å². The van der Waals surface area contributed by atoms with Gasteiger partial charge in [0, 0.05) is 12.1 Å². The number of benzene rings is 2. The first-order chi connectivity index (χ1) is 8.76. The van der Waals surface area contributed by atoms with Gasteiger partial charge in [0.2, 0.25) is 0 Å². The Hall–Kier alpha value is -2.36. The lowest BCUT2D eigenvalue weighted by Gasteiger charge is -1.98. The van der Waals surface area contributed by atoms with Crippen molar-refractivity contribution in [1.29, 1.82) is 0 Å². The molecule has 18 heavy (non-hydrogen) atoms. The van der Waals surface area contributed by atoms with Gasteiger partial charge in [-0.25, -0.2) is 0 Å². The number of ether oxygens (including phenoxy) is 1. The average Bonchev–Trinajstić information content (AvgIpc) is 2.81. The smallest absolute Gasteiger partial charge is 0.121 e. The quantitative estimate of drug-likeness (QED) is 0.688. The molecular formula is C14H12N3O. The normalized spacial score (nSPS) is 10.8. The molecule has 3 rings (SSSR count). The van der Waals surface area contributed by atoms with Crippen LogP contribution in [-0.4, -0.2) is 22.1 Å². The Morgan fingerprint density at radius 2 is 1.94 bits per heavy atom. The van der Waals surface area contributed by atoms with Gasteiger partial charge < -0.3 is 4.74 Å². The maximum absolute atomic E-state index is 5.17. The lowest BCUT2D eigenvalue weighted by molar-refractivity contribution is 0.415. The molecule has 0 saturated heterocycles. The summed E-state index contributed by atoms with van der Waals surface area (Å²) in [5.74, 6) is 0.780. The van der Waals surface area contributed by atoms with Crippen molar-refractivity contribution in [2.75, 3.05) is 7.11 Å². The molecule has 1 radical (unpaired) electrons. The molecule has 2 aromatic carbocycles. The maximum Gasteiger partial charge on any atom is 0.121 e. The van der Waals surface area contributed by atoms with Crippen LogP contribution in [0.2, 0.25) is 0 Å². The van der Waals surface area contributed by atoms with E-state index in [2.05, 4.69) is 16.3 Å². The summed E-state index contributed by atoms with van der Waals surface area (Å²) in [6.45, 7) is 2.03. The molecule has 0 aliphatic rings. The third-order valence-corrected chi connectivity index (χ3v) is 2.74. The molecule has 3 aromatic rings. The average molecular weight is 238 g/mol. The van der Waals surface area contributed by atoms with Crippen LogP contribution in [0.5, 0.6) is 5.75 Å². The fourth-order valence-corrected chi connectivity index (χ4v) is 1.81. The van der Waals surface area contributed by atoms with Crippen molar-refractivity contribution in [2.24, 2.45) is 0 Å². The molecule has 0 N–H and O–H groups in total. The summed E-state index contributed by atoms with van der Waals surface area (Å²) in [6, 6.07) is 14.6. The molecule has 0 amide bonds. The first-order valence-electron chi connectivity index (χ1n) is 5.66. The Kier molecular flexibility index (Phi) is 2.48. The first-order valence-corrected chi connectivity index (χ1v) is 5.66. The van der Waals surface area contributed by atoms with Gasteiger partial charge in [0.05, 0.1) is 12.8 Å². The van der Waals surface area contributed by atoms with Gasteiger partial charge in [0.25, 0.3) is 0 Å². The fraction of sp³-hybridized carbons (Fsp3) is 0.143. The molecule has 0 bridgehead atoms. The molecule has 4 nitrogen and oxygen atoms in total. The highest BCUT2D eigenvalue weighted by atomic mass is 16.5. The molecule has 0 fully saturated rings. The lowest BCUT2D eigenvalue weighted by Crippen LogP contribution is -1.98. The van der Waals surface area contributed by atoms with Crippen LogP contribution in [-0.2, 0) is 0 Å². The van der Waals surface area contributed by atoms with Crippen LogP contribution >= 0.6 is 0 Å². The Bertz CT molecular complexity index is 703. The van der Waals surface area contributed by atoms with E-state index in [1.165, 1.54) is 0 Å². The second kappa shape index (κ2) is 4.14. The molecule has 89 valence electrons. The molecule has 0 spiro atoms. The van der Waals surface area contributed by atoms with Gasteiger partial charge in [0.1, 0.15) is 16.8 Å². The van der Waals surface area contributed by atoms with Crippen molar-refractivity contribution in [1.82, 2.24) is 15.0 Å². The minimum atomic E-state index is 0.780. The van der Waals surface area contributed by atoms with Crippen molar-refractivity contribution in [3.8, 4) is 11.4 Å². The Morgan fingerprint density at radius 1 is 1.11 bits per heavy atom. The third-order valence-electron chi connectivity index (χ3n) is 2.74. The van der Waals surface area contributed by atoms with E-state index in [-0.39, 0.29) is 0 Å². The topological polar surface area (TPSA) is 39.9 Å². The molecule has 1 aromatic heterocycles. The van der Waals surface area contributed by atoms with Crippen LogP contribution in [0, 0.1) is 13.0 Å². The summed E-state index contributed by atoms with van der Waals surface area (Å²) in [5, 5.41) is 8.85. The number of fused-ring (bicyclic) bond motifs is 1. The number of methoxy groups -OCH3 is 1. The van der Waals surface area contributed by atoms with Gasteiger partial charge in [0.15, 0.2) is 0 Å². The molecule has 4 heteroatoms. The number of aryl methyl sites for hydroxylation is 1. The van der Waals surface area contributed by atoms with Gasteiger partial charge >= 0.3 is 0 Å². The fourth-order valence-electron chi connectivity index (χ4n) is 1.81. The number of aromatic nitrogens is 3. The van der Waals surface area contributed by atoms with E-state index in [4.69, 9.17) is 4.74 Å². The number of hydrogen-bond donors (Lipinski definition) is 0. The van der Waals surface area contributed by atoms with Crippen molar-refractivity contribution >= 4 is 11.0 Å². The molecule has 0 atom stereocenters. The summed E-state index contributed by atoms with van der Waals surface area (Å²) in [7, 11) is 1.64. The molecule has 0 unspecified atom stereocenters. The predicted octanol–water partition coefficient (Wildman–Crippen LogP) is 2.54. The van der Waals surface area contributed by atoms with Gasteiger partial charge in [-0.2, -0.15) is 0 Å². The van der Waals surface area contributed by atoms with E-state index in [1.807, 2.05) is 43.3 Å². The summed E-state index contributed by atoms with van der Waals surface area (Å²) < 4.78 is 5.17. The monoisotopic (exact) mass is 238 g/mol. The zero-order chi connectivity index (χ0) is 12.5. The molecule has 0 aliphatic carbocycles. The van der Waals surface area contributed by atoms with Gasteiger partial charge in [-0.3, -0.25) is 0 Å². The van der Waals surface area contributed by atoms with Crippen LogP contribution in [0.3, 0.4) is 0 Å². The second-order valence-corrected chi connectivity index (χ2v) is 4.10. The van der Waals surface area contributed by atoms with E-state index < -0.39 is 0 Å². The van der Waals surface area contributed by atoms with E-state index in [9.17, 15) is 0 Å². The van der Waals surface area contributed by atoms with Crippen molar-refractivity contribution in [2.45, 2.75) is 6.92 Å². The van der Waals surface area contributed by atoms with Crippen LogP contribution in [0.25, 0.3) is 16.7 Å². The molecule has 1 heterocycles. The van der Waals surface area contributed by atoms with Crippen LogP contribution in [0.15, 0.2) is 36.4 Å². The second-order valence-electron chi connectivity index (χ2n) is 4.10. The molecule has 0 saturated carbocycles. The highest BCUT2D eigenvalue weighted by Crippen LogP contribution is 2.18. The highest BCUT2D eigenvalue weighted by molar-refractivity contribution is 5.75. The van der Waals surface area contributed by atoms with E-state index >= 15 is 0 Å². The third kappa shape index (κ3) is 1.82. The summed E-state index contributed by atoms with van der Waals surface area (Å²) in [6.07, 6.45) is 0. The van der Waals surface area contributed by atoms with E-state index in [0.29, 0.717) is 0 Å². The van der Waals surface area contributed by atoms with Crippen molar-refractivity contribution in [3.63, 3.8) is 0 Å². The van der Waals surface area contributed by atoms with Crippen LogP contribution in [0.1, 0.15) is 5.56 Å². The summed E-state index contributed by atoms with van der Waals surface area (Å²) in [5.41, 5.74) is 3.64. The Labute approximate surface area is 105 Å². The van der Waals surface area contributed by atoms with Crippen LogP contribution in [0.4, 0.5) is 0 Å². The largest absolute Gasteiger partial charge is 0.497 e. The van der Waals surface area contributed by atoms with Gasteiger partial charge in [-0.15, -0.1) is 15.0 Å². The number of rotatable bonds is 2. The number of nitrogens with zero attached hydrogens (tertiary/aromatic N) is 3. The van der Waals surface area contributed by atoms with Crippen molar-refractivity contribution in [3.05, 3.63) is 48.0 Å². The zero-order valence-electron chi connectivity index (χ0n) is 10.2. The van der Waals surface area contributed by atoms with E-state index in [1.54, 1.807) is 11.9 Å². The van der Waals surface area contributed by atoms with E-state index in [0.717, 1.165) is 28.0 Å². The first kappa shape index (κ1) is 10.8. The Morgan fingerprint density at radius 3 is 2.72 bits per heavy atom. The zero-order valence-corrected chi connectivity index (χ0v) is 10.2.